The molecule has 0 aromatic heterocycles. The van der Waals surface area contributed by atoms with E-state index in [0.29, 0.717) is 5.56 Å². The van der Waals surface area contributed by atoms with Crippen LogP contribution < -0.4 is 4.90 Å². The summed E-state index contributed by atoms with van der Waals surface area (Å²) in [5.41, 5.74) is 2.37. The molecule has 25 heavy (non-hydrogen) atoms. The summed E-state index contributed by atoms with van der Waals surface area (Å²) >= 11 is 0. The van der Waals surface area contributed by atoms with Gasteiger partial charge in [0.2, 0.25) is 0 Å². The van der Waals surface area contributed by atoms with Gasteiger partial charge in [0, 0.05) is 31.6 Å². The first kappa shape index (κ1) is 17.5. The van der Waals surface area contributed by atoms with E-state index in [1.165, 1.54) is 0 Å². The molecule has 1 fully saturated rings. The van der Waals surface area contributed by atoms with Gasteiger partial charge in [0.15, 0.2) is 9.84 Å². The van der Waals surface area contributed by atoms with Gasteiger partial charge >= 0.3 is 0 Å². The summed E-state index contributed by atoms with van der Waals surface area (Å²) in [5.74, 6) is -0.00605. The Hall–Kier alpha value is -2.34. The van der Waals surface area contributed by atoms with E-state index in [1.54, 1.807) is 17.9 Å². The van der Waals surface area contributed by atoms with Gasteiger partial charge in [-0.3, -0.25) is 4.79 Å². The highest BCUT2D eigenvalue weighted by Crippen LogP contribution is 2.29. The molecule has 0 N–H and O–H groups in total. The Morgan fingerprint density at radius 2 is 1.68 bits per heavy atom. The van der Waals surface area contributed by atoms with Crippen LogP contribution in [0.1, 0.15) is 17.3 Å². The fourth-order valence-corrected chi connectivity index (χ4v) is 4.26. The fourth-order valence-electron chi connectivity index (χ4n) is 2.97. The van der Waals surface area contributed by atoms with Gasteiger partial charge in [0.25, 0.3) is 5.91 Å². The van der Waals surface area contributed by atoms with Crippen LogP contribution in [-0.2, 0) is 9.84 Å². The van der Waals surface area contributed by atoms with Crippen LogP contribution in [0.5, 0.6) is 0 Å². The first-order chi connectivity index (χ1) is 11.9. The van der Waals surface area contributed by atoms with Crippen molar-refractivity contribution in [1.82, 2.24) is 4.90 Å². The Morgan fingerprint density at radius 3 is 2.32 bits per heavy atom. The number of anilines is 2. The highest BCUT2D eigenvalue weighted by Gasteiger charge is 2.39. The summed E-state index contributed by atoms with van der Waals surface area (Å²) in [7, 11) is -1.17. The second-order valence-corrected chi connectivity index (χ2v) is 8.77. The fraction of sp³-hybridized carbons (Fsp3) is 0.316. The second kappa shape index (κ2) is 6.88. The lowest BCUT2D eigenvalue weighted by Gasteiger charge is -2.39. The van der Waals surface area contributed by atoms with E-state index < -0.39 is 15.1 Å². The third kappa shape index (κ3) is 3.39. The molecule has 5 nitrogen and oxygen atoms in total. The molecule has 0 spiro atoms. The zero-order valence-electron chi connectivity index (χ0n) is 14.4. The van der Waals surface area contributed by atoms with Crippen LogP contribution in [0.4, 0.5) is 11.4 Å². The number of hydrogen-bond donors (Lipinski definition) is 0. The minimum atomic E-state index is -3.08. The molecule has 3 rings (SSSR count). The summed E-state index contributed by atoms with van der Waals surface area (Å²) in [4.78, 5) is 16.4. The van der Waals surface area contributed by atoms with Gasteiger partial charge in [-0.05, 0) is 24.3 Å². The predicted molar refractivity (Wildman–Crippen MR) is 100 cm³/mol. The average molecular weight is 358 g/mol. The molecule has 132 valence electrons. The van der Waals surface area contributed by atoms with Crippen molar-refractivity contribution in [3.8, 4) is 0 Å². The normalized spacial score (nSPS) is 14.9. The van der Waals surface area contributed by atoms with Crippen LogP contribution in [0.25, 0.3) is 0 Å². The van der Waals surface area contributed by atoms with Gasteiger partial charge in [-0.1, -0.05) is 37.3 Å². The number of carbonyl (C=O) groups excluding carboxylic acids is 1. The van der Waals surface area contributed by atoms with E-state index in [9.17, 15) is 13.2 Å². The van der Waals surface area contributed by atoms with Gasteiger partial charge in [-0.2, -0.15) is 0 Å². The van der Waals surface area contributed by atoms with Gasteiger partial charge < -0.3 is 9.80 Å². The van der Waals surface area contributed by atoms with Gasteiger partial charge in [0.05, 0.1) is 16.5 Å². The molecule has 1 aliphatic rings. The highest BCUT2D eigenvalue weighted by molar-refractivity contribution is 7.92. The highest BCUT2D eigenvalue weighted by atomic mass is 32.2. The third-order valence-corrected chi connectivity index (χ3v) is 6.80. The zero-order chi connectivity index (χ0) is 18.0. The van der Waals surface area contributed by atoms with Crippen molar-refractivity contribution in [1.29, 1.82) is 0 Å². The standard InChI is InChI=1S/C19H22N2O3S/c1-3-25(23,24)16-13-21(14-16)19(22)17-11-7-8-12-18(17)20(2)15-9-5-4-6-10-15/h4-12,16H,3,13-14H2,1-2H3. The first-order valence-corrected chi connectivity index (χ1v) is 10.0. The van der Waals surface area contributed by atoms with Crippen molar-refractivity contribution in [3.63, 3.8) is 0 Å². The van der Waals surface area contributed by atoms with Crippen molar-refractivity contribution in [2.75, 3.05) is 30.8 Å². The molecule has 1 amide bonds. The second-order valence-electron chi connectivity index (χ2n) is 6.20. The molecule has 2 aromatic rings. The molecule has 0 saturated carbocycles. The van der Waals surface area contributed by atoms with Crippen LogP contribution in [0.15, 0.2) is 54.6 Å². The third-order valence-electron chi connectivity index (χ3n) is 4.68. The molecule has 0 atom stereocenters. The number of amides is 1. The molecule has 0 unspecified atom stereocenters. The van der Waals surface area contributed by atoms with Crippen LogP contribution in [0.2, 0.25) is 0 Å². The summed E-state index contributed by atoms with van der Waals surface area (Å²) < 4.78 is 23.8. The molecular weight excluding hydrogens is 336 g/mol. The molecule has 1 heterocycles. The van der Waals surface area contributed by atoms with Crippen molar-refractivity contribution in [3.05, 3.63) is 60.2 Å². The molecule has 0 bridgehead atoms. The van der Waals surface area contributed by atoms with Crippen LogP contribution in [-0.4, -0.2) is 50.4 Å². The lowest BCUT2D eigenvalue weighted by molar-refractivity contribution is 0.0659. The summed E-state index contributed by atoms with van der Waals surface area (Å²) in [6, 6.07) is 17.2. The van der Waals surface area contributed by atoms with Gasteiger partial charge in [-0.15, -0.1) is 0 Å². The van der Waals surface area contributed by atoms with Gasteiger partial charge in [-0.25, -0.2) is 8.42 Å². The average Bonchev–Trinajstić information content (AvgIpc) is 2.60. The largest absolute Gasteiger partial charge is 0.344 e. The number of carbonyl (C=O) groups is 1. The van der Waals surface area contributed by atoms with Crippen molar-refractivity contribution in [2.24, 2.45) is 0 Å². The summed E-state index contributed by atoms with van der Waals surface area (Å²) in [6.07, 6.45) is 0. The number of nitrogens with zero attached hydrogens (tertiary/aromatic N) is 2. The number of para-hydroxylation sites is 2. The van der Waals surface area contributed by atoms with Crippen LogP contribution in [0.3, 0.4) is 0 Å². The number of benzene rings is 2. The van der Waals surface area contributed by atoms with Crippen LogP contribution in [0, 0.1) is 0 Å². The summed E-state index contributed by atoms with van der Waals surface area (Å²) in [5, 5.41) is -0.430. The maximum absolute atomic E-state index is 12.8. The van der Waals surface area contributed by atoms with E-state index in [0.717, 1.165) is 11.4 Å². The topological polar surface area (TPSA) is 57.7 Å². The molecule has 2 aromatic carbocycles. The zero-order valence-corrected chi connectivity index (χ0v) is 15.2. The Bertz CT molecular complexity index is 859. The van der Waals surface area contributed by atoms with E-state index in [4.69, 9.17) is 0 Å². The maximum Gasteiger partial charge on any atom is 0.256 e. The Kier molecular flexibility index (Phi) is 4.81. The van der Waals surface area contributed by atoms with Crippen LogP contribution >= 0.6 is 0 Å². The molecule has 6 heteroatoms. The lowest BCUT2D eigenvalue weighted by atomic mass is 10.1. The Labute approximate surface area is 148 Å². The van der Waals surface area contributed by atoms with Crippen molar-refractivity contribution in [2.45, 2.75) is 12.2 Å². The number of rotatable bonds is 5. The van der Waals surface area contributed by atoms with Crippen molar-refractivity contribution >= 4 is 27.1 Å². The van der Waals surface area contributed by atoms with E-state index >= 15 is 0 Å². The van der Waals surface area contributed by atoms with Gasteiger partial charge in [0.1, 0.15) is 0 Å². The Balaban J connectivity index is 1.81. The van der Waals surface area contributed by atoms with Crippen molar-refractivity contribution < 1.29 is 13.2 Å². The molecule has 1 saturated heterocycles. The quantitative estimate of drug-likeness (QED) is 0.825. The minimum Gasteiger partial charge on any atom is -0.344 e. The monoisotopic (exact) mass is 358 g/mol. The maximum atomic E-state index is 12.8. The SMILES string of the molecule is CCS(=O)(=O)C1CN(C(=O)c2ccccc2N(C)c2ccccc2)C1. The number of sulfone groups is 1. The number of hydrogen-bond acceptors (Lipinski definition) is 4. The number of likely N-dealkylation sites (tertiary alicyclic amines) is 1. The summed E-state index contributed by atoms with van der Waals surface area (Å²) in [6.45, 7) is 2.20. The molecule has 0 aliphatic carbocycles. The Morgan fingerprint density at radius 1 is 1.08 bits per heavy atom. The molecule has 1 aliphatic heterocycles. The van der Waals surface area contributed by atoms with E-state index in [1.807, 2.05) is 60.5 Å². The smallest absolute Gasteiger partial charge is 0.256 e. The molecule has 0 radical (unpaired) electrons. The van der Waals surface area contributed by atoms with E-state index in [-0.39, 0.29) is 24.7 Å². The minimum absolute atomic E-state index is 0.118. The molecular formula is C19H22N2O3S. The van der Waals surface area contributed by atoms with E-state index in [2.05, 4.69) is 0 Å². The predicted octanol–water partition coefficient (Wildman–Crippen LogP) is 2.71. The lowest BCUT2D eigenvalue weighted by Crippen LogP contribution is -2.57. The first-order valence-electron chi connectivity index (χ1n) is 8.32.